The van der Waals surface area contributed by atoms with Crippen molar-refractivity contribution in [1.29, 1.82) is 0 Å². The second-order valence-electron chi connectivity index (χ2n) is 7.20. The number of hydrogen-bond donors (Lipinski definition) is 2. The molecule has 1 aliphatic heterocycles. The van der Waals surface area contributed by atoms with Gasteiger partial charge in [0, 0.05) is 34.8 Å². The molecule has 1 fully saturated rings. The normalized spacial score (nSPS) is 20.4. The van der Waals surface area contributed by atoms with E-state index in [9.17, 15) is 9.59 Å². The standard InChI is InChI=1S/C20H21BrN2O3/c1-10-6-11(2)23-20(25)15(10)9-22-19(24)12-7-14-13-4-3-5-17(13)26-18(14)16(21)8-12/h6-8,13,17H,3-5,9H2,1-2H3,(H,22,24)(H,23,25)/t13-,17-/m0/s1. The van der Waals surface area contributed by atoms with E-state index in [1.54, 1.807) is 6.07 Å². The molecule has 1 amide bonds. The molecule has 2 atom stereocenters. The first-order chi connectivity index (χ1) is 12.4. The highest BCUT2D eigenvalue weighted by Crippen LogP contribution is 2.50. The molecule has 0 unspecified atom stereocenters. The van der Waals surface area contributed by atoms with Gasteiger partial charge in [-0.2, -0.15) is 0 Å². The number of H-pyrrole nitrogens is 1. The number of carbonyl (C=O) groups is 1. The van der Waals surface area contributed by atoms with Crippen molar-refractivity contribution in [2.45, 2.75) is 51.7 Å². The van der Waals surface area contributed by atoms with Crippen LogP contribution in [0.25, 0.3) is 0 Å². The highest BCUT2D eigenvalue weighted by molar-refractivity contribution is 9.10. The van der Waals surface area contributed by atoms with E-state index in [1.165, 1.54) is 0 Å². The third-order valence-corrected chi connectivity index (χ3v) is 5.96. The van der Waals surface area contributed by atoms with Crippen LogP contribution in [0.5, 0.6) is 5.75 Å². The minimum atomic E-state index is -0.186. The Hall–Kier alpha value is -2.08. The molecule has 0 radical (unpaired) electrons. The molecule has 136 valence electrons. The average Bonchev–Trinajstić information content (AvgIpc) is 3.15. The first-order valence-electron chi connectivity index (χ1n) is 8.91. The second-order valence-corrected chi connectivity index (χ2v) is 8.05. The summed E-state index contributed by atoms with van der Waals surface area (Å²) in [7, 11) is 0. The molecular weight excluding hydrogens is 396 g/mol. The van der Waals surface area contributed by atoms with Crippen LogP contribution in [-0.2, 0) is 6.54 Å². The maximum Gasteiger partial charge on any atom is 0.253 e. The van der Waals surface area contributed by atoms with Crippen molar-refractivity contribution in [2.24, 2.45) is 0 Å². The molecule has 2 N–H and O–H groups in total. The molecule has 2 aliphatic rings. The van der Waals surface area contributed by atoms with E-state index in [1.807, 2.05) is 26.0 Å². The fourth-order valence-corrected chi connectivity index (χ4v) is 4.66. The van der Waals surface area contributed by atoms with Gasteiger partial charge in [0.05, 0.1) is 4.47 Å². The number of carbonyl (C=O) groups excluding carboxylic acids is 1. The Bertz CT molecular complexity index is 951. The summed E-state index contributed by atoms with van der Waals surface area (Å²) in [5, 5.41) is 2.87. The molecule has 6 heteroatoms. The minimum absolute atomic E-state index is 0.153. The second kappa shape index (κ2) is 6.58. The summed E-state index contributed by atoms with van der Waals surface area (Å²) in [6.07, 6.45) is 3.59. The number of nitrogens with one attached hydrogen (secondary N) is 2. The van der Waals surface area contributed by atoms with E-state index in [4.69, 9.17) is 4.74 Å². The lowest BCUT2D eigenvalue weighted by molar-refractivity contribution is 0.0950. The SMILES string of the molecule is Cc1cc(C)c(CNC(=O)c2cc(Br)c3c(c2)[C@@H]2CCC[C@@H]2O3)c(=O)[nH]1. The molecule has 2 aromatic rings. The number of hydrogen-bond acceptors (Lipinski definition) is 3. The number of aromatic amines is 1. The van der Waals surface area contributed by atoms with E-state index in [-0.39, 0.29) is 24.1 Å². The smallest absolute Gasteiger partial charge is 0.253 e. The molecule has 0 spiro atoms. The van der Waals surface area contributed by atoms with E-state index >= 15 is 0 Å². The topological polar surface area (TPSA) is 71.2 Å². The summed E-state index contributed by atoms with van der Waals surface area (Å²) >= 11 is 3.54. The Morgan fingerprint density at radius 3 is 2.88 bits per heavy atom. The summed E-state index contributed by atoms with van der Waals surface area (Å²) < 4.78 is 6.86. The third kappa shape index (κ3) is 2.96. The Morgan fingerprint density at radius 1 is 1.31 bits per heavy atom. The first-order valence-corrected chi connectivity index (χ1v) is 9.71. The molecule has 26 heavy (non-hydrogen) atoms. The van der Waals surface area contributed by atoms with Crippen molar-refractivity contribution in [1.82, 2.24) is 10.3 Å². The van der Waals surface area contributed by atoms with Gasteiger partial charge in [-0.1, -0.05) is 0 Å². The van der Waals surface area contributed by atoms with E-state index in [0.717, 1.165) is 46.3 Å². The molecule has 1 saturated carbocycles. The average molecular weight is 417 g/mol. The zero-order chi connectivity index (χ0) is 18.4. The van der Waals surface area contributed by atoms with Crippen molar-refractivity contribution < 1.29 is 9.53 Å². The molecule has 5 nitrogen and oxygen atoms in total. The van der Waals surface area contributed by atoms with Gasteiger partial charge in [-0.3, -0.25) is 9.59 Å². The molecule has 2 heterocycles. The summed E-state index contributed by atoms with van der Waals surface area (Å²) in [5.74, 6) is 1.08. The predicted octanol–water partition coefficient (Wildman–Crippen LogP) is 3.71. The maximum absolute atomic E-state index is 12.7. The van der Waals surface area contributed by atoms with Gasteiger partial charge >= 0.3 is 0 Å². The van der Waals surface area contributed by atoms with Gasteiger partial charge in [-0.15, -0.1) is 0 Å². The summed E-state index contributed by atoms with van der Waals surface area (Å²) in [6.45, 7) is 3.93. The number of benzene rings is 1. The van der Waals surface area contributed by atoms with Crippen LogP contribution in [0.2, 0.25) is 0 Å². The fourth-order valence-electron chi connectivity index (χ4n) is 4.09. The van der Waals surface area contributed by atoms with Crippen molar-refractivity contribution in [3.05, 3.63) is 61.0 Å². The molecule has 1 aliphatic carbocycles. The Labute approximate surface area is 160 Å². The molecule has 0 saturated heterocycles. The third-order valence-electron chi connectivity index (χ3n) is 5.38. The lowest BCUT2D eigenvalue weighted by atomic mass is 9.96. The monoisotopic (exact) mass is 416 g/mol. The lowest BCUT2D eigenvalue weighted by Gasteiger charge is -2.11. The van der Waals surface area contributed by atoms with Crippen LogP contribution in [0.1, 0.15) is 57.9 Å². The van der Waals surface area contributed by atoms with E-state index in [2.05, 4.69) is 26.2 Å². The molecular formula is C20H21BrN2O3. The first kappa shape index (κ1) is 17.3. The number of amides is 1. The van der Waals surface area contributed by atoms with Gasteiger partial charge in [-0.25, -0.2) is 0 Å². The molecule has 4 rings (SSSR count). The quantitative estimate of drug-likeness (QED) is 0.800. The van der Waals surface area contributed by atoms with Crippen LogP contribution in [0.4, 0.5) is 0 Å². The fraction of sp³-hybridized carbons (Fsp3) is 0.400. The molecule has 1 aromatic heterocycles. The Balaban J connectivity index is 1.56. The lowest BCUT2D eigenvalue weighted by Crippen LogP contribution is -2.28. The van der Waals surface area contributed by atoms with E-state index in [0.29, 0.717) is 17.0 Å². The number of aromatic nitrogens is 1. The van der Waals surface area contributed by atoms with Crippen LogP contribution < -0.4 is 15.6 Å². The van der Waals surface area contributed by atoms with E-state index < -0.39 is 0 Å². The van der Waals surface area contributed by atoms with Gasteiger partial charge in [0.25, 0.3) is 11.5 Å². The van der Waals surface area contributed by atoms with Crippen molar-refractivity contribution in [3.63, 3.8) is 0 Å². The summed E-state index contributed by atoms with van der Waals surface area (Å²) in [6, 6.07) is 5.64. The molecule has 1 aromatic carbocycles. The number of aryl methyl sites for hydroxylation is 2. The van der Waals surface area contributed by atoms with Crippen molar-refractivity contribution >= 4 is 21.8 Å². The van der Waals surface area contributed by atoms with Crippen LogP contribution in [-0.4, -0.2) is 17.0 Å². The van der Waals surface area contributed by atoms with Crippen LogP contribution >= 0.6 is 15.9 Å². The maximum atomic E-state index is 12.7. The largest absolute Gasteiger partial charge is 0.488 e. The number of halogens is 1. The van der Waals surface area contributed by atoms with Crippen LogP contribution in [0.3, 0.4) is 0 Å². The van der Waals surface area contributed by atoms with Gasteiger partial charge in [-0.05, 0) is 72.8 Å². The number of pyridine rings is 1. The Kier molecular flexibility index (Phi) is 4.39. The van der Waals surface area contributed by atoms with Gasteiger partial charge in [0.15, 0.2) is 0 Å². The predicted molar refractivity (Wildman–Crippen MR) is 103 cm³/mol. The summed E-state index contributed by atoms with van der Waals surface area (Å²) in [4.78, 5) is 27.6. The number of ether oxygens (including phenoxy) is 1. The number of fused-ring (bicyclic) bond motifs is 3. The number of rotatable bonds is 3. The highest BCUT2D eigenvalue weighted by Gasteiger charge is 2.39. The van der Waals surface area contributed by atoms with Crippen molar-refractivity contribution in [3.8, 4) is 5.75 Å². The minimum Gasteiger partial charge on any atom is -0.488 e. The zero-order valence-electron chi connectivity index (χ0n) is 14.8. The van der Waals surface area contributed by atoms with Crippen LogP contribution in [0.15, 0.2) is 27.5 Å². The zero-order valence-corrected chi connectivity index (χ0v) is 16.4. The highest BCUT2D eigenvalue weighted by atomic mass is 79.9. The van der Waals surface area contributed by atoms with Gasteiger partial charge < -0.3 is 15.0 Å². The van der Waals surface area contributed by atoms with Gasteiger partial charge in [0.2, 0.25) is 0 Å². The van der Waals surface area contributed by atoms with Crippen molar-refractivity contribution in [2.75, 3.05) is 0 Å². The molecule has 0 bridgehead atoms. The van der Waals surface area contributed by atoms with Crippen LogP contribution in [0, 0.1) is 13.8 Å². The van der Waals surface area contributed by atoms with Gasteiger partial charge in [0.1, 0.15) is 11.9 Å². The summed E-state index contributed by atoms with van der Waals surface area (Å²) in [5.41, 5.74) is 3.84. The Morgan fingerprint density at radius 2 is 2.12 bits per heavy atom.